The zero-order valence-corrected chi connectivity index (χ0v) is 17.1. The number of hydrogen-bond acceptors (Lipinski definition) is 4. The number of aliphatic hydroxyl groups excluding tert-OH is 1. The Morgan fingerprint density at radius 1 is 0.828 bits per heavy atom. The van der Waals surface area contributed by atoms with Gasteiger partial charge >= 0.3 is 0 Å². The smallest absolute Gasteiger partial charge is 0.119 e. The van der Waals surface area contributed by atoms with E-state index in [1.165, 1.54) is 16.7 Å². The molecule has 3 aromatic carbocycles. The predicted molar refractivity (Wildman–Crippen MR) is 116 cm³/mol. The third-order valence-corrected chi connectivity index (χ3v) is 4.87. The van der Waals surface area contributed by atoms with Crippen molar-refractivity contribution in [2.45, 2.75) is 26.1 Å². The highest BCUT2D eigenvalue weighted by molar-refractivity contribution is 5.31. The molecule has 0 radical (unpaired) electrons. The molecule has 0 heterocycles. The molecule has 0 aliphatic heterocycles. The number of aliphatic hydroxyl groups is 1. The summed E-state index contributed by atoms with van der Waals surface area (Å²) < 4.78 is 10.9. The number of aryl methyl sites for hydroxylation is 1. The van der Waals surface area contributed by atoms with Crippen molar-refractivity contribution in [3.63, 3.8) is 0 Å². The molecule has 0 saturated carbocycles. The van der Waals surface area contributed by atoms with Crippen LogP contribution in [0.4, 0.5) is 0 Å². The van der Waals surface area contributed by atoms with Crippen molar-refractivity contribution in [2.24, 2.45) is 0 Å². The van der Waals surface area contributed by atoms with Crippen molar-refractivity contribution in [3.05, 3.63) is 95.6 Å². The third-order valence-electron chi connectivity index (χ3n) is 4.87. The van der Waals surface area contributed by atoms with Crippen molar-refractivity contribution < 1.29 is 14.6 Å². The van der Waals surface area contributed by atoms with E-state index in [1.54, 1.807) is 7.11 Å². The maximum Gasteiger partial charge on any atom is 0.119 e. The number of hydrogen-bond donors (Lipinski definition) is 1. The summed E-state index contributed by atoms with van der Waals surface area (Å²) in [5.74, 6) is 1.50. The molecule has 29 heavy (non-hydrogen) atoms. The summed E-state index contributed by atoms with van der Waals surface area (Å²) in [5.41, 5.74) is 3.76. The van der Waals surface area contributed by atoms with Gasteiger partial charge < -0.3 is 14.6 Å². The molecular formula is C25H29NO3. The Balaban J connectivity index is 1.62. The van der Waals surface area contributed by atoms with E-state index in [9.17, 15) is 5.11 Å². The number of benzene rings is 3. The minimum absolute atomic E-state index is 0.241. The Kier molecular flexibility index (Phi) is 7.68. The molecule has 0 amide bonds. The zero-order valence-electron chi connectivity index (χ0n) is 17.1. The molecule has 4 nitrogen and oxygen atoms in total. The molecule has 0 aliphatic rings. The van der Waals surface area contributed by atoms with E-state index in [-0.39, 0.29) is 6.61 Å². The van der Waals surface area contributed by atoms with Gasteiger partial charge in [-0.1, -0.05) is 54.6 Å². The maximum absolute atomic E-state index is 10.6. The van der Waals surface area contributed by atoms with E-state index in [0.717, 1.165) is 24.6 Å². The SMILES string of the molecule is COc1ccc(OCC(O)CN(Cc2ccccc2)Cc2ccccc2C)cc1. The van der Waals surface area contributed by atoms with E-state index in [4.69, 9.17) is 9.47 Å². The van der Waals surface area contributed by atoms with Crippen LogP contribution in [0.3, 0.4) is 0 Å². The first-order valence-electron chi connectivity index (χ1n) is 9.90. The quantitative estimate of drug-likeness (QED) is 0.555. The van der Waals surface area contributed by atoms with E-state index in [1.807, 2.05) is 42.5 Å². The van der Waals surface area contributed by atoms with Gasteiger partial charge in [-0.2, -0.15) is 0 Å². The van der Waals surface area contributed by atoms with Crippen LogP contribution in [-0.4, -0.2) is 36.4 Å². The highest BCUT2D eigenvalue weighted by Gasteiger charge is 2.15. The summed E-state index contributed by atoms with van der Waals surface area (Å²) in [5, 5.41) is 10.6. The van der Waals surface area contributed by atoms with E-state index in [0.29, 0.717) is 6.54 Å². The third kappa shape index (κ3) is 6.63. The lowest BCUT2D eigenvalue weighted by Gasteiger charge is -2.26. The van der Waals surface area contributed by atoms with E-state index in [2.05, 4.69) is 48.2 Å². The molecule has 1 N–H and O–H groups in total. The van der Waals surface area contributed by atoms with Crippen LogP contribution in [0, 0.1) is 6.92 Å². The highest BCUT2D eigenvalue weighted by atomic mass is 16.5. The second-order valence-electron chi connectivity index (χ2n) is 7.22. The Bertz CT molecular complexity index is 865. The molecule has 0 spiro atoms. The molecule has 1 atom stereocenters. The second kappa shape index (κ2) is 10.6. The van der Waals surface area contributed by atoms with E-state index >= 15 is 0 Å². The van der Waals surface area contributed by atoms with Crippen LogP contribution in [0.1, 0.15) is 16.7 Å². The summed E-state index contributed by atoms with van der Waals surface area (Å²) in [6.45, 7) is 4.44. The van der Waals surface area contributed by atoms with E-state index < -0.39 is 6.10 Å². The molecular weight excluding hydrogens is 362 g/mol. The van der Waals surface area contributed by atoms with Crippen LogP contribution >= 0.6 is 0 Å². The first kappa shape index (κ1) is 20.9. The highest BCUT2D eigenvalue weighted by Crippen LogP contribution is 2.18. The maximum atomic E-state index is 10.6. The largest absolute Gasteiger partial charge is 0.497 e. The number of rotatable bonds is 10. The average Bonchev–Trinajstić information content (AvgIpc) is 2.75. The first-order chi connectivity index (χ1) is 14.1. The molecule has 0 aromatic heterocycles. The molecule has 0 bridgehead atoms. The molecule has 152 valence electrons. The van der Waals surface area contributed by atoms with Crippen LogP contribution < -0.4 is 9.47 Å². The summed E-state index contributed by atoms with van der Waals surface area (Å²) in [4.78, 5) is 2.26. The van der Waals surface area contributed by atoms with Crippen molar-refractivity contribution in [3.8, 4) is 11.5 Å². The van der Waals surface area contributed by atoms with Gasteiger partial charge in [0.2, 0.25) is 0 Å². The van der Waals surface area contributed by atoms with Crippen LogP contribution in [0.25, 0.3) is 0 Å². The van der Waals surface area contributed by atoms with Crippen LogP contribution in [0.2, 0.25) is 0 Å². The molecule has 1 unspecified atom stereocenters. The monoisotopic (exact) mass is 391 g/mol. The molecule has 3 aromatic rings. The Morgan fingerprint density at radius 2 is 1.48 bits per heavy atom. The zero-order chi connectivity index (χ0) is 20.5. The van der Waals surface area contributed by atoms with Gasteiger partial charge in [-0.15, -0.1) is 0 Å². The van der Waals surface area contributed by atoms with Gasteiger partial charge in [-0.3, -0.25) is 4.90 Å². The Labute approximate surface area is 173 Å². The van der Waals surface area contributed by atoms with Crippen LogP contribution in [-0.2, 0) is 13.1 Å². The van der Waals surface area contributed by atoms with Gasteiger partial charge in [0.05, 0.1) is 7.11 Å². The standard InChI is InChI=1S/C25H29NO3/c1-20-8-6-7-11-22(20)17-26(16-21-9-4-3-5-10-21)18-23(27)19-29-25-14-12-24(28-2)13-15-25/h3-15,23,27H,16-19H2,1-2H3. The van der Waals surface area contributed by atoms with Gasteiger partial charge in [0.15, 0.2) is 0 Å². The van der Waals surface area contributed by atoms with Crippen molar-refractivity contribution in [1.29, 1.82) is 0 Å². The predicted octanol–water partition coefficient (Wildman–Crippen LogP) is 4.45. The average molecular weight is 392 g/mol. The fourth-order valence-corrected chi connectivity index (χ4v) is 3.27. The lowest BCUT2D eigenvalue weighted by Crippen LogP contribution is -2.35. The summed E-state index contributed by atoms with van der Waals surface area (Å²) in [6.07, 6.45) is -0.593. The lowest BCUT2D eigenvalue weighted by molar-refractivity contribution is 0.0627. The second-order valence-corrected chi connectivity index (χ2v) is 7.22. The molecule has 0 aliphatic carbocycles. The molecule has 0 fully saturated rings. The Hall–Kier alpha value is -2.82. The first-order valence-corrected chi connectivity index (χ1v) is 9.90. The molecule has 4 heteroatoms. The fourth-order valence-electron chi connectivity index (χ4n) is 3.27. The van der Waals surface area contributed by atoms with Crippen LogP contribution in [0.5, 0.6) is 11.5 Å². The molecule has 0 saturated heterocycles. The van der Waals surface area contributed by atoms with Gasteiger partial charge in [0.25, 0.3) is 0 Å². The Morgan fingerprint density at radius 3 is 2.17 bits per heavy atom. The van der Waals surface area contributed by atoms with Gasteiger partial charge in [-0.05, 0) is 47.9 Å². The van der Waals surface area contributed by atoms with Gasteiger partial charge in [0, 0.05) is 19.6 Å². The topological polar surface area (TPSA) is 41.9 Å². The number of methoxy groups -OCH3 is 1. The minimum atomic E-state index is -0.593. The van der Waals surface area contributed by atoms with Crippen molar-refractivity contribution in [2.75, 3.05) is 20.3 Å². The summed E-state index contributed by atoms with van der Waals surface area (Å²) in [6, 6.07) is 26.1. The summed E-state index contributed by atoms with van der Waals surface area (Å²) >= 11 is 0. The normalized spacial score (nSPS) is 12.0. The lowest BCUT2D eigenvalue weighted by atomic mass is 10.1. The van der Waals surface area contributed by atoms with Gasteiger partial charge in [-0.25, -0.2) is 0 Å². The van der Waals surface area contributed by atoms with Crippen molar-refractivity contribution in [1.82, 2.24) is 4.90 Å². The fraction of sp³-hybridized carbons (Fsp3) is 0.280. The number of nitrogens with zero attached hydrogens (tertiary/aromatic N) is 1. The van der Waals surface area contributed by atoms with Gasteiger partial charge in [0.1, 0.15) is 24.2 Å². The number of ether oxygens (including phenoxy) is 2. The minimum Gasteiger partial charge on any atom is -0.497 e. The van der Waals surface area contributed by atoms with Crippen molar-refractivity contribution >= 4 is 0 Å². The summed E-state index contributed by atoms with van der Waals surface area (Å²) in [7, 11) is 1.63. The molecule has 3 rings (SSSR count). The van der Waals surface area contributed by atoms with Crippen LogP contribution in [0.15, 0.2) is 78.9 Å².